The largest absolute Gasteiger partial charge is 0.468 e. The summed E-state index contributed by atoms with van der Waals surface area (Å²) in [4.78, 5) is 49.9. The average Bonchev–Trinajstić information content (AvgIpc) is 3.22. The number of nitrogens with zero attached hydrogens (tertiary/aromatic N) is 2. The first-order valence-corrected chi connectivity index (χ1v) is 8.05. The fourth-order valence-corrected chi connectivity index (χ4v) is 3.88. The molecule has 2 atom stereocenters. The van der Waals surface area contributed by atoms with E-state index in [4.69, 9.17) is 9.47 Å². The first-order valence-electron chi connectivity index (χ1n) is 8.05. The van der Waals surface area contributed by atoms with Gasteiger partial charge in [-0.1, -0.05) is 10.3 Å². The van der Waals surface area contributed by atoms with Gasteiger partial charge in [-0.05, 0) is 25.7 Å². The van der Waals surface area contributed by atoms with Crippen molar-refractivity contribution >= 4 is 34.9 Å². The molecular formula is C16H20N2O8. The SMILES string of the molecule is COC(=O)[C@]1(C(=N\O)/C(=N/O)[C@@]2(C(=O)OC)CCCC2=O)CCCC1=O. The van der Waals surface area contributed by atoms with Crippen molar-refractivity contribution in [3.8, 4) is 0 Å². The number of oxime groups is 2. The van der Waals surface area contributed by atoms with Crippen LogP contribution in [-0.4, -0.2) is 59.6 Å². The van der Waals surface area contributed by atoms with Crippen molar-refractivity contribution < 1.29 is 39.1 Å². The Kier molecular flexibility index (Phi) is 5.43. The maximum atomic E-state index is 12.5. The van der Waals surface area contributed by atoms with Gasteiger partial charge in [0.25, 0.3) is 0 Å². The molecule has 26 heavy (non-hydrogen) atoms. The molecule has 0 saturated heterocycles. The van der Waals surface area contributed by atoms with Crippen LogP contribution >= 0.6 is 0 Å². The molecule has 2 fully saturated rings. The molecule has 2 rings (SSSR count). The lowest BCUT2D eigenvalue weighted by molar-refractivity contribution is -0.154. The van der Waals surface area contributed by atoms with Gasteiger partial charge in [-0.15, -0.1) is 0 Å². The molecule has 0 spiro atoms. The van der Waals surface area contributed by atoms with Crippen molar-refractivity contribution in [3.63, 3.8) is 0 Å². The Morgan fingerprint density at radius 3 is 1.38 bits per heavy atom. The molecule has 10 heteroatoms. The Morgan fingerprint density at radius 2 is 1.19 bits per heavy atom. The molecule has 0 bridgehead atoms. The minimum absolute atomic E-state index is 0.00595. The van der Waals surface area contributed by atoms with Crippen LogP contribution in [0.15, 0.2) is 10.3 Å². The summed E-state index contributed by atoms with van der Waals surface area (Å²) < 4.78 is 9.41. The lowest BCUT2D eigenvalue weighted by atomic mass is 9.69. The maximum absolute atomic E-state index is 12.5. The van der Waals surface area contributed by atoms with E-state index in [0.717, 1.165) is 14.2 Å². The molecule has 0 amide bonds. The number of hydrogen-bond donors (Lipinski definition) is 2. The fourth-order valence-electron chi connectivity index (χ4n) is 3.88. The number of carbonyl (C=O) groups excluding carboxylic acids is 4. The molecule has 0 aromatic carbocycles. The van der Waals surface area contributed by atoms with Crippen LogP contribution < -0.4 is 0 Å². The predicted molar refractivity (Wildman–Crippen MR) is 85.1 cm³/mol. The third kappa shape index (κ3) is 2.47. The van der Waals surface area contributed by atoms with E-state index in [0.29, 0.717) is 12.8 Å². The maximum Gasteiger partial charge on any atom is 0.325 e. The molecule has 2 N–H and O–H groups in total. The summed E-state index contributed by atoms with van der Waals surface area (Å²) in [6, 6.07) is 0. The van der Waals surface area contributed by atoms with E-state index < -0.39 is 45.8 Å². The highest BCUT2D eigenvalue weighted by Crippen LogP contribution is 2.44. The molecule has 142 valence electrons. The van der Waals surface area contributed by atoms with Gasteiger partial charge < -0.3 is 19.9 Å². The number of methoxy groups -OCH3 is 2. The quantitative estimate of drug-likeness (QED) is 0.233. The van der Waals surface area contributed by atoms with Gasteiger partial charge in [0.2, 0.25) is 0 Å². The number of hydrogen-bond acceptors (Lipinski definition) is 10. The summed E-state index contributed by atoms with van der Waals surface area (Å²) in [6.45, 7) is 0. The smallest absolute Gasteiger partial charge is 0.325 e. The molecule has 0 aliphatic heterocycles. The Hall–Kier alpha value is -2.78. The van der Waals surface area contributed by atoms with Crippen LogP contribution in [-0.2, 0) is 28.7 Å². The first kappa shape index (κ1) is 19.5. The highest BCUT2D eigenvalue weighted by atomic mass is 16.5. The number of rotatable bonds is 5. The van der Waals surface area contributed by atoms with Crippen molar-refractivity contribution in [2.24, 2.45) is 21.1 Å². The zero-order valence-electron chi connectivity index (χ0n) is 14.5. The zero-order valence-corrected chi connectivity index (χ0v) is 14.5. The van der Waals surface area contributed by atoms with Gasteiger partial charge in [0, 0.05) is 12.8 Å². The highest BCUT2D eigenvalue weighted by Gasteiger charge is 2.63. The Labute approximate surface area is 148 Å². The predicted octanol–water partition coefficient (Wildman–Crippen LogP) is 0.472. The minimum atomic E-state index is -2.05. The van der Waals surface area contributed by atoms with Crippen LogP contribution in [0, 0.1) is 10.8 Å². The summed E-state index contributed by atoms with van der Waals surface area (Å²) >= 11 is 0. The topological polar surface area (TPSA) is 152 Å². The standard InChI is InChI=1S/C16H20N2O8/c1-25-13(21)15(7-3-5-9(15)19)11(17-23)12(18-24)16(14(22)26-2)8-4-6-10(16)20/h23-24H,3-8H2,1-2H3/b17-11-,18-12-/t15-,16-/m1/s1. The molecule has 2 aliphatic rings. The summed E-state index contributed by atoms with van der Waals surface area (Å²) in [6.07, 6.45) is 0.471. The van der Waals surface area contributed by atoms with Gasteiger partial charge in [0.1, 0.15) is 11.4 Å². The van der Waals surface area contributed by atoms with Gasteiger partial charge in [-0.2, -0.15) is 0 Å². The van der Waals surface area contributed by atoms with Crippen molar-refractivity contribution in [2.75, 3.05) is 14.2 Å². The molecule has 0 unspecified atom stereocenters. The summed E-state index contributed by atoms with van der Waals surface area (Å²) in [5.74, 6) is -3.24. The van der Waals surface area contributed by atoms with E-state index in [1.54, 1.807) is 0 Å². The lowest BCUT2D eigenvalue weighted by Crippen LogP contribution is -2.55. The number of ether oxygens (including phenoxy) is 2. The molecular weight excluding hydrogens is 348 g/mol. The van der Waals surface area contributed by atoms with Gasteiger partial charge in [-0.25, -0.2) is 0 Å². The monoisotopic (exact) mass is 368 g/mol. The van der Waals surface area contributed by atoms with Crippen LogP contribution in [0.1, 0.15) is 38.5 Å². The summed E-state index contributed by atoms with van der Waals surface area (Å²) in [5.41, 5.74) is -5.41. The number of carbonyl (C=O) groups is 4. The lowest BCUT2D eigenvalue weighted by Gasteiger charge is -2.31. The molecule has 10 nitrogen and oxygen atoms in total. The van der Waals surface area contributed by atoms with E-state index >= 15 is 0 Å². The second kappa shape index (κ2) is 7.22. The van der Waals surface area contributed by atoms with Crippen LogP contribution in [0.3, 0.4) is 0 Å². The van der Waals surface area contributed by atoms with Crippen LogP contribution in [0.25, 0.3) is 0 Å². The second-order valence-electron chi connectivity index (χ2n) is 6.24. The van der Waals surface area contributed by atoms with E-state index in [1.807, 2.05) is 0 Å². The number of esters is 2. The van der Waals surface area contributed by atoms with E-state index in [-0.39, 0.29) is 25.7 Å². The van der Waals surface area contributed by atoms with Crippen LogP contribution in [0.4, 0.5) is 0 Å². The molecule has 2 aliphatic carbocycles. The van der Waals surface area contributed by atoms with Gasteiger partial charge in [-0.3, -0.25) is 19.2 Å². The Morgan fingerprint density at radius 1 is 0.846 bits per heavy atom. The molecule has 0 heterocycles. The van der Waals surface area contributed by atoms with Crippen molar-refractivity contribution in [2.45, 2.75) is 38.5 Å². The summed E-state index contributed by atoms with van der Waals surface area (Å²) in [7, 11) is 2.11. The molecule has 0 aromatic heterocycles. The summed E-state index contributed by atoms with van der Waals surface area (Å²) in [5, 5.41) is 25.2. The second-order valence-corrected chi connectivity index (χ2v) is 6.24. The third-order valence-electron chi connectivity index (χ3n) is 5.16. The van der Waals surface area contributed by atoms with Gasteiger partial charge in [0.15, 0.2) is 22.4 Å². The van der Waals surface area contributed by atoms with Crippen molar-refractivity contribution in [1.82, 2.24) is 0 Å². The number of Topliss-reactive ketones (excluding diaryl/α,β-unsaturated/α-hetero) is 2. The van der Waals surface area contributed by atoms with E-state index in [2.05, 4.69) is 10.3 Å². The van der Waals surface area contributed by atoms with E-state index in [1.165, 1.54) is 0 Å². The van der Waals surface area contributed by atoms with Crippen LogP contribution in [0.2, 0.25) is 0 Å². The zero-order chi connectivity index (χ0) is 19.5. The number of ketones is 2. The van der Waals surface area contributed by atoms with Gasteiger partial charge >= 0.3 is 11.9 Å². The third-order valence-corrected chi connectivity index (χ3v) is 5.16. The minimum Gasteiger partial charge on any atom is -0.468 e. The fraction of sp³-hybridized carbons (Fsp3) is 0.625. The Balaban J connectivity index is 2.70. The van der Waals surface area contributed by atoms with Crippen molar-refractivity contribution in [1.29, 1.82) is 0 Å². The first-order chi connectivity index (χ1) is 12.4. The Bertz CT molecular complexity index is 653. The van der Waals surface area contributed by atoms with Crippen molar-refractivity contribution in [3.05, 3.63) is 0 Å². The highest BCUT2D eigenvalue weighted by molar-refractivity contribution is 6.58. The van der Waals surface area contributed by atoms with E-state index in [9.17, 15) is 29.6 Å². The normalized spacial score (nSPS) is 29.8. The van der Waals surface area contributed by atoms with Gasteiger partial charge in [0.05, 0.1) is 14.2 Å². The van der Waals surface area contributed by atoms with Crippen LogP contribution in [0.5, 0.6) is 0 Å². The molecule has 0 aromatic rings. The molecule has 0 radical (unpaired) electrons. The average molecular weight is 368 g/mol. The molecule has 2 saturated carbocycles.